The summed E-state index contributed by atoms with van der Waals surface area (Å²) in [5, 5.41) is 1.00. The van der Waals surface area contributed by atoms with Gasteiger partial charge in [0.2, 0.25) is 5.82 Å². The van der Waals surface area contributed by atoms with Gasteiger partial charge in [0.1, 0.15) is 5.69 Å². The van der Waals surface area contributed by atoms with E-state index in [1.807, 2.05) is 27.7 Å². The lowest BCUT2D eigenvalue weighted by molar-refractivity contribution is 0.382. The molecule has 1 aromatic carbocycles. The minimum Gasteiger partial charge on any atom is -0.402 e. The maximum absolute atomic E-state index is 14.0. The molecule has 0 heterocycles. The third-order valence-electron chi connectivity index (χ3n) is 4.96. The summed E-state index contributed by atoms with van der Waals surface area (Å²) >= 11 is 0. The average molecular weight is 361 g/mol. The fourth-order valence-electron chi connectivity index (χ4n) is 3.47. The van der Waals surface area contributed by atoms with Crippen molar-refractivity contribution in [3.8, 4) is 0 Å². The summed E-state index contributed by atoms with van der Waals surface area (Å²) in [4.78, 5) is 2.67. The third-order valence-corrected chi connectivity index (χ3v) is 7.99. The monoisotopic (exact) mass is 361 g/mol. The highest BCUT2D eigenvalue weighted by molar-refractivity contribution is 6.87. The summed E-state index contributed by atoms with van der Waals surface area (Å²) in [6.45, 7) is 11.5. The van der Waals surface area contributed by atoms with Crippen LogP contribution in [0, 0.1) is 35.0 Å². The average Bonchev–Trinajstić information content (AvgIpc) is 2.71. The highest BCUT2D eigenvalue weighted by Gasteiger charge is 2.39. The van der Waals surface area contributed by atoms with Crippen LogP contribution in [-0.2, 0) is 0 Å². The largest absolute Gasteiger partial charge is 0.402 e. The smallest absolute Gasteiger partial charge is 0.200 e. The van der Waals surface area contributed by atoms with Gasteiger partial charge in [-0.2, -0.15) is 0 Å². The molecule has 0 aromatic heterocycles. The predicted octanol–water partition coefficient (Wildman–Crippen LogP) is 5.84. The lowest BCUT2D eigenvalue weighted by atomic mass is 10.1. The zero-order valence-electron chi connectivity index (χ0n) is 14.5. The van der Waals surface area contributed by atoms with Crippen molar-refractivity contribution in [1.82, 2.24) is 0 Å². The Morgan fingerprint density at radius 2 is 1.17 bits per heavy atom. The van der Waals surface area contributed by atoms with Gasteiger partial charge in [-0.25, -0.2) is 22.0 Å². The second-order valence-corrected chi connectivity index (χ2v) is 10.8. The molecule has 24 heavy (non-hydrogen) atoms. The van der Waals surface area contributed by atoms with Crippen molar-refractivity contribution in [2.75, 3.05) is 4.98 Å². The van der Waals surface area contributed by atoms with Crippen LogP contribution in [-0.4, -0.2) is 8.24 Å². The summed E-state index contributed by atoms with van der Waals surface area (Å²) in [7, 11) is -2.69. The molecular weight excluding hydrogens is 341 g/mol. The van der Waals surface area contributed by atoms with E-state index in [2.05, 4.69) is 4.98 Å². The van der Waals surface area contributed by atoms with Crippen LogP contribution in [0.1, 0.15) is 27.7 Å². The van der Waals surface area contributed by atoms with Crippen LogP contribution < -0.4 is 4.98 Å². The number of hydrogen-bond acceptors (Lipinski definition) is 1. The summed E-state index contributed by atoms with van der Waals surface area (Å²) < 4.78 is 68.0. The Labute approximate surface area is 139 Å². The standard InChI is InChI=1S/C17H20F5NSi/c1-7-8(2)10(4)17(9(7)3)24(5,6)23-16-14(21)12(19)11(18)13(20)15(16)22/h9,23H,1-6H3. The first kappa shape index (κ1) is 18.7. The van der Waals surface area contributed by atoms with E-state index in [4.69, 9.17) is 0 Å². The van der Waals surface area contributed by atoms with E-state index in [-0.39, 0.29) is 5.92 Å². The predicted molar refractivity (Wildman–Crippen MR) is 87.6 cm³/mol. The molecule has 1 aliphatic carbocycles. The van der Waals surface area contributed by atoms with Crippen LogP contribution >= 0.6 is 0 Å². The zero-order chi connectivity index (χ0) is 18.6. The van der Waals surface area contributed by atoms with Gasteiger partial charge in [0, 0.05) is 0 Å². The van der Waals surface area contributed by atoms with E-state index in [9.17, 15) is 22.0 Å². The summed E-state index contributed by atoms with van der Waals surface area (Å²) in [6, 6.07) is 0. The SMILES string of the molecule is CC1=C(C)C(C)C([Si](C)(C)Nc2c(F)c(F)c(F)c(F)c2F)=C1C. The van der Waals surface area contributed by atoms with Gasteiger partial charge in [-0.05, 0) is 45.4 Å². The van der Waals surface area contributed by atoms with Gasteiger partial charge in [0.25, 0.3) is 0 Å². The molecule has 0 bridgehead atoms. The number of hydrogen-bond donors (Lipinski definition) is 1. The Kier molecular flexibility index (Phi) is 4.69. The maximum Gasteiger partial charge on any atom is 0.200 e. The Morgan fingerprint density at radius 3 is 1.54 bits per heavy atom. The molecule has 1 atom stereocenters. The number of nitrogens with one attached hydrogen (secondary N) is 1. The molecule has 0 saturated heterocycles. The minimum atomic E-state index is -2.69. The molecule has 0 saturated carbocycles. The summed E-state index contributed by atoms with van der Waals surface area (Å²) in [5.74, 6) is -9.59. The van der Waals surface area contributed by atoms with Gasteiger partial charge >= 0.3 is 0 Å². The maximum atomic E-state index is 14.0. The Hall–Kier alpha value is -1.63. The van der Waals surface area contributed by atoms with Crippen LogP contribution in [0.4, 0.5) is 27.6 Å². The van der Waals surface area contributed by atoms with E-state index in [1.54, 1.807) is 13.1 Å². The van der Waals surface area contributed by atoms with Crippen molar-refractivity contribution in [2.45, 2.75) is 40.8 Å². The quantitative estimate of drug-likeness (QED) is 0.309. The van der Waals surface area contributed by atoms with E-state index >= 15 is 0 Å². The lowest BCUT2D eigenvalue weighted by Gasteiger charge is -2.31. The molecule has 0 spiro atoms. The number of halogens is 5. The second kappa shape index (κ2) is 6.02. The molecule has 0 fully saturated rings. The van der Waals surface area contributed by atoms with E-state index in [0.717, 1.165) is 21.9 Å². The molecule has 1 unspecified atom stereocenters. The third kappa shape index (κ3) is 2.68. The van der Waals surface area contributed by atoms with Gasteiger partial charge < -0.3 is 4.98 Å². The van der Waals surface area contributed by atoms with Crippen molar-refractivity contribution in [1.29, 1.82) is 0 Å². The van der Waals surface area contributed by atoms with E-state index in [0.29, 0.717) is 0 Å². The topological polar surface area (TPSA) is 12.0 Å². The molecule has 2 rings (SSSR count). The number of anilines is 1. The fraction of sp³-hybridized carbons (Fsp3) is 0.412. The van der Waals surface area contributed by atoms with E-state index < -0.39 is 43.0 Å². The van der Waals surface area contributed by atoms with Crippen molar-refractivity contribution in [3.63, 3.8) is 0 Å². The molecule has 132 valence electrons. The summed E-state index contributed by atoms with van der Waals surface area (Å²) in [5.41, 5.74) is 2.34. The van der Waals surface area contributed by atoms with Gasteiger partial charge in [-0.3, -0.25) is 0 Å². The van der Waals surface area contributed by atoms with E-state index in [1.165, 1.54) is 0 Å². The van der Waals surface area contributed by atoms with Crippen LogP contribution in [0.15, 0.2) is 21.9 Å². The van der Waals surface area contributed by atoms with Gasteiger partial charge in [-0.15, -0.1) is 0 Å². The molecule has 1 nitrogen and oxygen atoms in total. The van der Waals surface area contributed by atoms with Crippen molar-refractivity contribution < 1.29 is 22.0 Å². The number of allylic oxidation sites excluding steroid dienone is 4. The van der Waals surface area contributed by atoms with Crippen molar-refractivity contribution in [2.24, 2.45) is 5.92 Å². The van der Waals surface area contributed by atoms with Gasteiger partial charge in [-0.1, -0.05) is 23.3 Å². The van der Waals surface area contributed by atoms with Gasteiger partial charge in [0.15, 0.2) is 31.5 Å². The lowest BCUT2D eigenvalue weighted by Crippen LogP contribution is -2.42. The van der Waals surface area contributed by atoms with Crippen LogP contribution in [0.25, 0.3) is 0 Å². The zero-order valence-corrected chi connectivity index (χ0v) is 15.5. The van der Waals surface area contributed by atoms with Gasteiger partial charge in [0.05, 0.1) is 0 Å². The molecule has 1 N–H and O–H groups in total. The summed E-state index contributed by atoms with van der Waals surface area (Å²) in [6.07, 6.45) is 0. The molecule has 0 aliphatic heterocycles. The Balaban J connectivity index is 2.53. The Morgan fingerprint density at radius 1 is 0.750 bits per heavy atom. The molecular formula is C17H20F5NSi. The fourth-order valence-corrected chi connectivity index (χ4v) is 6.87. The minimum absolute atomic E-state index is 0.0698. The molecule has 1 aliphatic rings. The van der Waals surface area contributed by atoms with Crippen molar-refractivity contribution >= 4 is 13.9 Å². The first-order valence-electron chi connectivity index (χ1n) is 7.60. The number of benzene rings is 1. The van der Waals surface area contributed by atoms with Crippen molar-refractivity contribution in [3.05, 3.63) is 51.0 Å². The van der Waals surface area contributed by atoms with Crippen LogP contribution in [0.5, 0.6) is 0 Å². The normalized spacial score (nSPS) is 18.7. The molecule has 0 radical (unpaired) electrons. The molecule has 7 heteroatoms. The second-order valence-electron chi connectivity index (χ2n) is 6.76. The van der Waals surface area contributed by atoms with Crippen LogP contribution in [0.3, 0.4) is 0 Å². The highest BCUT2D eigenvalue weighted by Crippen LogP contribution is 2.42. The number of rotatable bonds is 3. The Bertz CT molecular complexity index is 751. The van der Waals surface area contributed by atoms with Crippen LogP contribution in [0.2, 0.25) is 13.1 Å². The molecule has 1 aromatic rings. The first-order valence-corrected chi connectivity index (χ1v) is 10.6. The highest BCUT2D eigenvalue weighted by atomic mass is 28.3. The molecule has 0 amide bonds. The first-order chi connectivity index (χ1) is 10.9.